The number of nitrogens with one attached hydrogen (secondary N) is 2. The van der Waals surface area contributed by atoms with E-state index in [2.05, 4.69) is 36.3 Å². The molecule has 0 saturated carbocycles. The van der Waals surface area contributed by atoms with Crippen molar-refractivity contribution < 1.29 is 4.42 Å². The van der Waals surface area contributed by atoms with Crippen LogP contribution in [-0.4, -0.2) is 9.97 Å². The largest absolute Gasteiger partial charge is 0.464 e. The molecule has 1 aromatic carbocycles. The van der Waals surface area contributed by atoms with E-state index in [-0.39, 0.29) is 17.6 Å². The lowest BCUT2D eigenvalue weighted by Gasteiger charge is -2.26. The molecular weight excluding hydrogens is 370 g/mol. The number of aromatic nitrogens is 2. The number of hydrogen-bond donors (Lipinski definition) is 2. The Bertz CT molecular complexity index is 1110. The highest BCUT2D eigenvalue weighted by Crippen LogP contribution is 2.31. The van der Waals surface area contributed by atoms with Crippen LogP contribution in [0.25, 0.3) is 21.5 Å². The second-order valence-corrected chi connectivity index (χ2v) is 8.14. The van der Waals surface area contributed by atoms with Crippen LogP contribution in [0.4, 0.5) is 0 Å². The zero-order valence-electron chi connectivity index (χ0n) is 16.1. The van der Waals surface area contributed by atoms with Gasteiger partial charge in [-0.05, 0) is 30.5 Å². The molecule has 0 amide bonds. The summed E-state index contributed by atoms with van der Waals surface area (Å²) >= 11 is 1.46. The summed E-state index contributed by atoms with van der Waals surface area (Å²) in [5.41, 5.74) is 1.88. The minimum absolute atomic E-state index is 0.0983. The van der Waals surface area contributed by atoms with E-state index in [1.54, 1.807) is 6.26 Å². The van der Waals surface area contributed by atoms with Gasteiger partial charge >= 0.3 is 0 Å². The van der Waals surface area contributed by atoms with Gasteiger partial charge in [-0.3, -0.25) is 4.79 Å². The first-order valence-electron chi connectivity index (χ1n) is 9.41. The summed E-state index contributed by atoms with van der Waals surface area (Å²) < 4.78 is 5.46. The van der Waals surface area contributed by atoms with Crippen LogP contribution in [-0.2, 0) is 0 Å². The third-order valence-electron chi connectivity index (χ3n) is 4.91. The second-order valence-electron chi connectivity index (χ2n) is 7.28. The first-order valence-corrected chi connectivity index (χ1v) is 10.3. The van der Waals surface area contributed by atoms with Crippen LogP contribution in [0.15, 0.2) is 63.3 Å². The van der Waals surface area contributed by atoms with Crippen molar-refractivity contribution in [3.8, 4) is 11.3 Å². The van der Waals surface area contributed by atoms with Gasteiger partial charge in [-0.1, -0.05) is 44.2 Å². The standard InChI is InChI=1S/C22H23N3O2S/c1-13(2)19(15-8-5-4-6-9-15)23-14(3)20-24-21(26)18-16(12-28-22(18)25-20)17-10-7-11-27-17/h4-14,19,23H,1-3H3,(H,24,25,26)/t14-,19-/m1/s1. The molecule has 0 aliphatic heterocycles. The normalized spacial score (nSPS) is 13.9. The Morgan fingerprint density at radius 2 is 1.89 bits per heavy atom. The maximum atomic E-state index is 12.8. The zero-order valence-corrected chi connectivity index (χ0v) is 16.9. The molecule has 0 spiro atoms. The Morgan fingerprint density at radius 1 is 1.11 bits per heavy atom. The summed E-state index contributed by atoms with van der Waals surface area (Å²) in [6.07, 6.45) is 1.61. The van der Waals surface area contributed by atoms with Crippen molar-refractivity contribution in [2.75, 3.05) is 0 Å². The molecule has 28 heavy (non-hydrogen) atoms. The van der Waals surface area contributed by atoms with Crippen molar-refractivity contribution in [1.29, 1.82) is 0 Å². The first kappa shape index (κ1) is 18.7. The maximum absolute atomic E-state index is 12.8. The lowest BCUT2D eigenvalue weighted by atomic mass is 9.95. The fourth-order valence-corrected chi connectivity index (χ4v) is 4.40. The molecule has 4 aromatic rings. The van der Waals surface area contributed by atoms with Gasteiger partial charge in [-0.25, -0.2) is 4.98 Å². The van der Waals surface area contributed by atoms with Crippen molar-refractivity contribution in [3.63, 3.8) is 0 Å². The lowest BCUT2D eigenvalue weighted by Crippen LogP contribution is -2.30. The molecule has 0 unspecified atom stereocenters. The van der Waals surface area contributed by atoms with Crippen molar-refractivity contribution in [3.05, 3.63) is 75.8 Å². The van der Waals surface area contributed by atoms with Crippen LogP contribution in [0, 0.1) is 5.92 Å². The molecule has 4 rings (SSSR count). The molecule has 0 aliphatic rings. The van der Waals surface area contributed by atoms with Gasteiger partial charge in [0, 0.05) is 17.0 Å². The molecule has 2 N–H and O–H groups in total. The molecule has 3 heterocycles. The van der Waals surface area contributed by atoms with Crippen molar-refractivity contribution in [2.24, 2.45) is 5.92 Å². The number of thiophene rings is 1. The van der Waals surface area contributed by atoms with Crippen molar-refractivity contribution >= 4 is 21.6 Å². The predicted molar refractivity (Wildman–Crippen MR) is 114 cm³/mol. The number of fused-ring (bicyclic) bond motifs is 1. The number of nitrogens with zero attached hydrogens (tertiary/aromatic N) is 1. The van der Waals surface area contributed by atoms with Crippen LogP contribution in [0.2, 0.25) is 0 Å². The van der Waals surface area contributed by atoms with Gasteiger partial charge in [0.25, 0.3) is 5.56 Å². The van der Waals surface area contributed by atoms with Gasteiger partial charge in [0.2, 0.25) is 0 Å². The highest BCUT2D eigenvalue weighted by Gasteiger charge is 2.21. The monoisotopic (exact) mass is 393 g/mol. The third kappa shape index (κ3) is 3.53. The summed E-state index contributed by atoms with van der Waals surface area (Å²) in [7, 11) is 0. The molecule has 0 radical (unpaired) electrons. The molecule has 144 valence electrons. The molecular formula is C22H23N3O2S. The molecule has 5 nitrogen and oxygen atoms in total. The SMILES string of the molecule is CC(C)[C@@H](N[C@H](C)c1nc2scc(-c3ccco3)c2c(=O)[nH]1)c1ccccc1. The summed E-state index contributed by atoms with van der Waals surface area (Å²) in [6, 6.07) is 14.1. The van der Waals surface area contributed by atoms with Crippen LogP contribution >= 0.6 is 11.3 Å². The maximum Gasteiger partial charge on any atom is 0.260 e. The average Bonchev–Trinajstić information content (AvgIpc) is 3.35. The van der Waals surface area contributed by atoms with E-state index in [9.17, 15) is 4.79 Å². The number of H-pyrrole nitrogens is 1. The Kier molecular flexibility index (Phi) is 5.15. The van der Waals surface area contributed by atoms with Gasteiger partial charge in [-0.2, -0.15) is 0 Å². The van der Waals surface area contributed by atoms with Crippen LogP contribution in [0.5, 0.6) is 0 Å². The van der Waals surface area contributed by atoms with Crippen molar-refractivity contribution in [2.45, 2.75) is 32.9 Å². The second kappa shape index (κ2) is 7.73. The predicted octanol–water partition coefficient (Wildman–Crippen LogP) is 5.29. The van der Waals surface area contributed by atoms with Crippen LogP contribution in [0.1, 0.15) is 44.2 Å². The molecule has 0 fully saturated rings. The van der Waals surface area contributed by atoms with Crippen LogP contribution < -0.4 is 10.9 Å². The highest BCUT2D eigenvalue weighted by atomic mass is 32.1. The van der Waals surface area contributed by atoms with E-state index in [1.165, 1.54) is 16.9 Å². The van der Waals surface area contributed by atoms with Gasteiger partial charge in [0.1, 0.15) is 16.4 Å². The fourth-order valence-electron chi connectivity index (χ4n) is 3.47. The quantitative estimate of drug-likeness (QED) is 0.467. The Hall–Kier alpha value is -2.70. The topological polar surface area (TPSA) is 70.9 Å². The Labute approximate surface area is 167 Å². The number of hydrogen-bond acceptors (Lipinski definition) is 5. The molecule has 3 aromatic heterocycles. The first-order chi connectivity index (χ1) is 13.5. The van der Waals surface area contributed by atoms with E-state index in [0.717, 1.165) is 10.4 Å². The van der Waals surface area contributed by atoms with E-state index in [1.807, 2.05) is 42.6 Å². The molecule has 0 saturated heterocycles. The van der Waals surface area contributed by atoms with Gasteiger partial charge < -0.3 is 14.7 Å². The van der Waals surface area contributed by atoms with E-state index in [0.29, 0.717) is 22.9 Å². The number of furan rings is 1. The Morgan fingerprint density at radius 3 is 2.57 bits per heavy atom. The lowest BCUT2D eigenvalue weighted by molar-refractivity contribution is 0.367. The van der Waals surface area contributed by atoms with E-state index >= 15 is 0 Å². The van der Waals surface area contributed by atoms with Gasteiger partial charge in [0.15, 0.2) is 0 Å². The zero-order chi connectivity index (χ0) is 19.7. The highest BCUT2D eigenvalue weighted by molar-refractivity contribution is 7.17. The molecule has 6 heteroatoms. The van der Waals surface area contributed by atoms with Crippen LogP contribution in [0.3, 0.4) is 0 Å². The van der Waals surface area contributed by atoms with Gasteiger partial charge in [-0.15, -0.1) is 11.3 Å². The number of rotatable bonds is 6. The van der Waals surface area contributed by atoms with Gasteiger partial charge in [0.05, 0.1) is 17.7 Å². The summed E-state index contributed by atoms with van der Waals surface area (Å²) in [4.78, 5) is 21.2. The van der Waals surface area contributed by atoms with E-state index < -0.39 is 0 Å². The van der Waals surface area contributed by atoms with E-state index in [4.69, 9.17) is 9.40 Å². The number of benzene rings is 1. The summed E-state index contributed by atoms with van der Waals surface area (Å²) in [5, 5.41) is 6.14. The third-order valence-corrected chi connectivity index (χ3v) is 5.79. The smallest absolute Gasteiger partial charge is 0.260 e. The molecule has 0 bridgehead atoms. The number of aromatic amines is 1. The van der Waals surface area contributed by atoms with Crippen molar-refractivity contribution in [1.82, 2.24) is 15.3 Å². The molecule has 2 atom stereocenters. The Balaban J connectivity index is 1.66. The fraction of sp³-hybridized carbons (Fsp3) is 0.273. The average molecular weight is 394 g/mol. The summed E-state index contributed by atoms with van der Waals surface area (Å²) in [5.74, 6) is 1.72. The minimum Gasteiger partial charge on any atom is -0.464 e. The minimum atomic E-state index is -0.137. The summed E-state index contributed by atoms with van der Waals surface area (Å²) in [6.45, 7) is 6.40. The molecule has 0 aliphatic carbocycles.